The molecular formula is C24H25NO8. The minimum absolute atomic E-state index is 0.133. The monoisotopic (exact) mass is 455 g/mol. The van der Waals surface area contributed by atoms with E-state index in [2.05, 4.69) is 5.32 Å². The molecule has 0 bridgehead atoms. The Morgan fingerprint density at radius 2 is 1.82 bits per heavy atom. The summed E-state index contributed by atoms with van der Waals surface area (Å²) >= 11 is 0. The maximum atomic E-state index is 12.7. The Bertz CT molecular complexity index is 1110. The van der Waals surface area contributed by atoms with Gasteiger partial charge in [0.15, 0.2) is 23.9 Å². The molecule has 0 saturated carbocycles. The van der Waals surface area contributed by atoms with Gasteiger partial charge in [-0.15, -0.1) is 0 Å². The third-order valence-corrected chi connectivity index (χ3v) is 4.97. The van der Waals surface area contributed by atoms with Crippen molar-refractivity contribution in [2.24, 2.45) is 5.92 Å². The summed E-state index contributed by atoms with van der Waals surface area (Å²) in [4.78, 5) is 36.0. The molecule has 1 aliphatic heterocycles. The first-order chi connectivity index (χ1) is 15.7. The molecule has 33 heavy (non-hydrogen) atoms. The Morgan fingerprint density at radius 3 is 2.45 bits per heavy atom. The van der Waals surface area contributed by atoms with Crippen LogP contribution >= 0.6 is 0 Å². The molecule has 2 N–H and O–H groups in total. The fourth-order valence-electron chi connectivity index (χ4n) is 3.23. The van der Waals surface area contributed by atoms with Crippen LogP contribution in [-0.2, 0) is 9.59 Å². The van der Waals surface area contributed by atoms with Crippen molar-refractivity contribution in [3.63, 3.8) is 0 Å². The van der Waals surface area contributed by atoms with E-state index in [1.54, 1.807) is 50.3 Å². The minimum atomic E-state index is -1.11. The summed E-state index contributed by atoms with van der Waals surface area (Å²) in [6.07, 6.45) is 1.59. The predicted octanol–water partition coefficient (Wildman–Crippen LogP) is 2.92. The Kier molecular flexibility index (Phi) is 7.22. The molecular weight excluding hydrogens is 430 g/mol. The second kappa shape index (κ2) is 10.1. The highest BCUT2D eigenvalue weighted by Gasteiger charge is 2.28. The Labute approximate surface area is 190 Å². The second-order valence-corrected chi connectivity index (χ2v) is 7.63. The van der Waals surface area contributed by atoms with Gasteiger partial charge in [0, 0.05) is 6.07 Å². The molecule has 3 rings (SSSR count). The van der Waals surface area contributed by atoms with Crippen molar-refractivity contribution in [2.75, 3.05) is 20.8 Å². The second-order valence-electron chi connectivity index (χ2n) is 7.63. The number of ketones is 1. The third kappa shape index (κ3) is 5.43. The van der Waals surface area contributed by atoms with Crippen molar-refractivity contribution in [3.8, 4) is 23.0 Å². The topological polar surface area (TPSA) is 120 Å². The van der Waals surface area contributed by atoms with Gasteiger partial charge < -0.3 is 29.4 Å². The number of methoxy groups -OCH3 is 2. The maximum absolute atomic E-state index is 12.7. The largest absolute Gasteiger partial charge is 0.493 e. The van der Waals surface area contributed by atoms with Crippen LogP contribution < -0.4 is 24.3 Å². The molecule has 1 amide bonds. The van der Waals surface area contributed by atoms with Gasteiger partial charge in [0.25, 0.3) is 5.91 Å². The van der Waals surface area contributed by atoms with Crippen LogP contribution in [0.2, 0.25) is 0 Å². The van der Waals surface area contributed by atoms with E-state index in [1.807, 2.05) is 0 Å². The molecule has 2 aromatic carbocycles. The van der Waals surface area contributed by atoms with Gasteiger partial charge in [0.1, 0.15) is 17.5 Å². The van der Waals surface area contributed by atoms with Gasteiger partial charge in [-0.25, -0.2) is 4.79 Å². The number of allylic oxidation sites excluding steroid dienone is 1. The number of carbonyl (C=O) groups excluding carboxylic acids is 2. The number of hydrogen-bond acceptors (Lipinski definition) is 7. The number of hydrogen-bond donors (Lipinski definition) is 2. The lowest BCUT2D eigenvalue weighted by Gasteiger charge is -2.18. The standard InChI is InChI=1S/C24H25NO8/c1-13(2)22(24(28)29)25-21(26)12-32-15-6-7-16-18(11-15)33-20(23(16)27)10-14-5-8-17(30-3)19(9-14)31-4/h5-11,13,22H,12H2,1-4H3,(H,25,26)(H,28,29)/t22-/m1/s1. The molecule has 0 saturated heterocycles. The van der Waals surface area contributed by atoms with E-state index in [4.69, 9.17) is 18.9 Å². The summed E-state index contributed by atoms with van der Waals surface area (Å²) in [6, 6.07) is 8.81. The van der Waals surface area contributed by atoms with E-state index in [1.165, 1.54) is 20.3 Å². The molecule has 0 unspecified atom stereocenters. The van der Waals surface area contributed by atoms with Gasteiger partial charge in [-0.3, -0.25) is 9.59 Å². The Hall–Kier alpha value is -4.01. The highest BCUT2D eigenvalue weighted by atomic mass is 16.5. The number of rotatable bonds is 9. The van der Waals surface area contributed by atoms with Gasteiger partial charge in [-0.05, 0) is 41.8 Å². The quantitative estimate of drug-likeness (QED) is 0.554. The zero-order valence-corrected chi connectivity index (χ0v) is 18.7. The number of carboxylic acid groups (broad SMARTS) is 1. The predicted molar refractivity (Wildman–Crippen MR) is 119 cm³/mol. The van der Waals surface area contributed by atoms with Crippen LogP contribution in [0.25, 0.3) is 6.08 Å². The Morgan fingerprint density at radius 1 is 1.09 bits per heavy atom. The lowest BCUT2D eigenvalue weighted by molar-refractivity contribution is -0.143. The molecule has 0 aromatic heterocycles. The summed E-state index contributed by atoms with van der Waals surface area (Å²) < 4.78 is 21.7. The number of ether oxygens (including phenoxy) is 4. The first-order valence-corrected chi connectivity index (χ1v) is 10.2. The van der Waals surface area contributed by atoms with Crippen LogP contribution in [0.3, 0.4) is 0 Å². The molecule has 174 valence electrons. The number of benzene rings is 2. The number of nitrogens with one attached hydrogen (secondary N) is 1. The zero-order valence-electron chi connectivity index (χ0n) is 18.7. The number of fused-ring (bicyclic) bond motifs is 1. The van der Waals surface area contributed by atoms with E-state index in [-0.39, 0.29) is 24.1 Å². The summed E-state index contributed by atoms with van der Waals surface area (Å²) in [7, 11) is 3.06. The van der Waals surface area contributed by atoms with Crippen molar-refractivity contribution >= 4 is 23.7 Å². The van der Waals surface area contributed by atoms with Crippen LogP contribution in [0.5, 0.6) is 23.0 Å². The van der Waals surface area contributed by atoms with E-state index in [9.17, 15) is 19.5 Å². The normalized spacial score (nSPS) is 14.5. The first-order valence-electron chi connectivity index (χ1n) is 10.2. The third-order valence-electron chi connectivity index (χ3n) is 4.97. The average Bonchev–Trinajstić information content (AvgIpc) is 3.09. The van der Waals surface area contributed by atoms with Crippen molar-refractivity contribution in [2.45, 2.75) is 19.9 Å². The minimum Gasteiger partial charge on any atom is -0.493 e. The van der Waals surface area contributed by atoms with E-state index in [0.717, 1.165) is 0 Å². The van der Waals surface area contributed by atoms with Crippen LogP contribution in [0.1, 0.15) is 29.8 Å². The van der Waals surface area contributed by atoms with E-state index >= 15 is 0 Å². The summed E-state index contributed by atoms with van der Waals surface area (Å²) in [5.74, 6) is -0.419. The number of aliphatic carboxylic acids is 1. The number of Topliss-reactive ketones (excluding diaryl/α,β-unsaturated/α-hetero) is 1. The van der Waals surface area contributed by atoms with Crippen LogP contribution in [-0.4, -0.2) is 49.6 Å². The summed E-state index contributed by atoms with van der Waals surface area (Å²) in [5.41, 5.74) is 1.05. The van der Waals surface area contributed by atoms with Gasteiger partial charge >= 0.3 is 5.97 Å². The fourth-order valence-corrected chi connectivity index (χ4v) is 3.23. The molecule has 2 aromatic rings. The van der Waals surface area contributed by atoms with Gasteiger partial charge in [-0.2, -0.15) is 0 Å². The van der Waals surface area contributed by atoms with Gasteiger partial charge in [-0.1, -0.05) is 19.9 Å². The molecule has 1 atom stereocenters. The maximum Gasteiger partial charge on any atom is 0.326 e. The lowest BCUT2D eigenvalue weighted by atomic mass is 10.1. The molecule has 9 nitrogen and oxygen atoms in total. The molecule has 1 heterocycles. The molecule has 0 fully saturated rings. The van der Waals surface area contributed by atoms with Crippen LogP contribution in [0, 0.1) is 5.92 Å². The van der Waals surface area contributed by atoms with Crippen LogP contribution in [0.15, 0.2) is 42.2 Å². The van der Waals surface area contributed by atoms with Crippen molar-refractivity contribution < 1.29 is 38.4 Å². The van der Waals surface area contributed by atoms with Crippen molar-refractivity contribution in [3.05, 3.63) is 53.3 Å². The fraction of sp³-hybridized carbons (Fsp3) is 0.292. The first kappa shape index (κ1) is 23.6. The molecule has 0 aliphatic carbocycles. The highest BCUT2D eigenvalue weighted by Crippen LogP contribution is 2.36. The number of amides is 1. The summed E-state index contributed by atoms with van der Waals surface area (Å²) in [5, 5.41) is 11.6. The van der Waals surface area contributed by atoms with Crippen molar-refractivity contribution in [1.82, 2.24) is 5.32 Å². The number of carbonyl (C=O) groups is 3. The zero-order chi connectivity index (χ0) is 24.1. The smallest absolute Gasteiger partial charge is 0.326 e. The Balaban J connectivity index is 1.69. The van der Waals surface area contributed by atoms with Crippen LogP contribution in [0.4, 0.5) is 0 Å². The molecule has 0 spiro atoms. The number of carboxylic acids is 1. The lowest BCUT2D eigenvalue weighted by Crippen LogP contribution is -2.46. The highest BCUT2D eigenvalue weighted by molar-refractivity contribution is 6.14. The van der Waals surface area contributed by atoms with Gasteiger partial charge in [0.05, 0.1) is 19.8 Å². The molecule has 0 radical (unpaired) electrons. The van der Waals surface area contributed by atoms with Gasteiger partial charge in [0.2, 0.25) is 5.78 Å². The molecule has 9 heteroatoms. The van der Waals surface area contributed by atoms with Crippen molar-refractivity contribution in [1.29, 1.82) is 0 Å². The summed E-state index contributed by atoms with van der Waals surface area (Å²) in [6.45, 7) is 3.02. The SMILES string of the molecule is COc1ccc(C=C2Oc3cc(OCC(=O)N[C@@H](C(=O)O)C(C)C)ccc3C2=O)cc1OC. The molecule has 1 aliphatic rings. The average molecular weight is 455 g/mol. The van der Waals surface area contributed by atoms with E-state index < -0.39 is 17.9 Å². The van der Waals surface area contributed by atoms with E-state index in [0.29, 0.717) is 34.1 Å².